The second-order valence-corrected chi connectivity index (χ2v) is 14.6. The smallest absolute Gasteiger partial charge is 0.231 e. The first-order chi connectivity index (χ1) is 27.5. The maximum Gasteiger partial charge on any atom is 0.231 e. The highest BCUT2D eigenvalue weighted by Gasteiger charge is 2.52. The van der Waals surface area contributed by atoms with Crippen LogP contribution in [0.25, 0.3) is 39.5 Å². The van der Waals surface area contributed by atoms with Crippen LogP contribution in [0.5, 0.6) is 5.75 Å². The predicted octanol–water partition coefficient (Wildman–Crippen LogP) is 7.59. The van der Waals surface area contributed by atoms with Crippen molar-refractivity contribution < 1.29 is 19.0 Å². The lowest BCUT2D eigenvalue weighted by Crippen LogP contribution is -2.36. The molecule has 3 aliphatic rings. The van der Waals surface area contributed by atoms with E-state index < -0.39 is 11.7 Å². The molecule has 4 aromatic heterocycles. The van der Waals surface area contributed by atoms with Crippen LogP contribution in [0.1, 0.15) is 59.5 Å². The third kappa shape index (κ3) is 6.15. The molecule has 0 bridgehead atoms. The summed E-state index contributed by atoms with van der Waals surface area (Å²) >= 11 is 0. The number of carbonyl (C=O) groups excluding carboxylic acids is 1. The van der Waals surface area contributed by atoms with Gasteiger partial charge in [-0.3, -0.25) is 14.3 Å². The predicted molar refractivity (Wildman–Crippen MR) is 212 cm³/mol. The minimum atomic E-state index is -0.674. The molecule has 0 spiro atoms. The second kappa shape index (κ2) is 14.0. The lowest BCUT2D eigenvalue weighted by Gasteiger charge is -2.22. The summed E-state index contributed by atoms with van der Waals surface area (Å²) in [5.74, 6) is 1.63. The van der Waals surface area contributed by atoms with E-state index in [2.05, 4.69) is 45.2 Å². The number of rotatable bonds is 10. The monoisotopic (exact) mass is 741 g/mol. The van der Waals surface area contributed by atoms with E-state index in [4.69, 9.17) is 34.9 Å². The average Bonchev–Trinajstić information content (AvgIpc) is 3.51. The van der Waals surface area contributed by atoms with Crippen molar-refractivity contribution in [1.29, 1.82) is 0 Å². The fourth-order valence-electron chi connectivity index (χ4n) is 7.98. The molecule has 7 aromatic rings. The van der Waals surface area contributed by atoms with Gasteiger partial charge in [-0.2, -0.15) is 0 Å². The van der Waals surface area contributed by atoms with Crippen LogP contribution in [-0.4, -0.2) is 43.6 Å². The number of carbonyl (C=O) groups is 1. The molecular formula is C45H39N7O4. The third-order valence-electron chi connectivity index (χ3n) is 11.1. The zero-order valence-corrected chi connectivity index (χ0v) is 30.6. The van der Waals surface area contributed by atoms with Crippen molar-refractivity contribution in [3.8, 4) is 34.1 Å². The Morgan fingerprint density at radius 2 is 1.70 bits per heavy atom. The zero-order valence-electron chi connectivity index (χ0n) is 30.6. The van der Waals surface area contributed by atoms with Crippen molar-refractivity contribution in [3.05, 3.63) is 150 Å². The lowest BCUT2D eigenvalue weighted by molar-refractivity contribution is -0.124. The molecule has 1 amide bonds. The molecule has 1 aliphatic heterocycles. The number of aryl methyl sites for hydroxylation is 1. The van der Waals surface area contributed by atoms with Crippen LogP contribution >= 0.6 is 0 Å². The molecule has 5 heterocycles. The summed E-state index contributed by atoms with van der Waals surface area (Å²) in [4.78, 5) is 33.5. The molecule has 11 nitrogen and oxygen atoms in total. The Morgan fingerprint density at radius 3 is 2.48 bits per heavy atom. The standard InChI is InChI=1S/C45H39N7O4/c46-40-34(12-7-21-47-40)41-50-37-18-17-35(29-10-5-2-6-11-29)49-42(37)52(41)32-14-15-33-30(24-32)13-16-36(33)51-44(53)45(19-20-45)31-25-38(56-27-28-8-3-1-4-9-28)39(48-26-31)43-54-22-23-55-43/h1-12,14-15,17-18,21,24-26,36,43H,13,16,19-20,22-23,27H2,(H2,46,47)(H,51,53)/t36-/m0/s1. The highest BCUT2D eigenvalue weighted by atomic mass is 16.7. The van der Waals surface area contributed by atoms with Crippen LogP contribution in [0.3, 0.4) is 0 Å². The van der Waals surface area contributed by atoms with Crippen molar-refractivity contribution in [1.82, 2.24) is 29.8 Å². The second-order valence-electron chi connectivity index (χ2n) is 14.6. The van der Waals surface area contributed by atoms with Crippen LogP contribution in [-0.2, 0) is 32.7 Å². The molecule has 1 atom stereocenters. The van der Waals surface area contributed by atoms with Crippen LogP contribution in [0.4, 0.5) is 5.82 Å². The van der Waals surface area contributed by atoms with E-state index in [1.54, 1.807) is 12.4 Å². The summed E-state index contributed by atoms with van der Waals surface area (Å²) < 4.78 is 20.0. The summed E-state index contributed by atoms with van der Waals surface area (Å²) in [5.41, 5.74) is 15.5. The number of nitrogens with zero attached hydrogens (tertiary/aromatic N) is 5. The van der Waals surface area contributed by atoms with Crippen molar-refractivity contribution in [2.75, 3.05) is 18.9 Å². The summed E-state index contributed by atoms with van der Waals surface area (Å²) in [6.45, 7) is 1.35. The fraction of sp³-hybridized carbons (Fsp3) is 0.222. The maximum absolute atomic E-state index is 14.2. The van der Waals surface area contributed by atoms with E-state index in [0.29, 0.717) is 42.9 Å². The van der Waals surface area contributed by atoms with E-state index in [-0.39, 0.29) is 11.9 Å². The molecule has 0 unspecified atom stereocenters. The van der Waals surface area contributed by atoms with Gasteiger partial charge in [-0.25, -0.2) is 15.0 Å². The maximum atomic E-state index is 14.2. The third-order valence-corrected chi connectivity index (χ3v) is 11.1. The molecule has 3 aromatic carbocycles. The van der Waals surface area contributed by atoms with Crippen LogP contribution in [0.2, 0.25) is 0 Å². The number of hydrogen-bond acceptors (Lipinski definition) is 9. The van der Waals surface area contributed by atoms with E-state index in [0.717, 1.165) is 76.0 Å². The Kier molecular flexibility index (Phi) is 8.53. The Bertz CT molecular complexity index is 2580. The molecule has 0 radical (unpaired) electrons. The number of hydrogen-bond donors (Lipinski definition) is 2. The normalized spacial score (nSPS) is 17.2. The highest BCUT2D eigenvalue weighted by Crippen LogP contribution is 2.50. The van der Waals surface area contributed by atoms with E-state index in [1.807, 2.05) is 78.9 Å². The van der Waals surface area contributed by atoms with E-state index >= 15 is 0 Å². The summed E-state index contributed by atoms with van der Waals surface area (Å²) in [7, 11) is 0. The SMILES string of the molecule is Nc1ncccc1-c1nc2ccc(-c3ccccc3)nc2n1-c1ccc2c(c1)CC[C@@H]2NC(=O)C1(c2cnc(C3OCCO3)c(OCc3ccccc3)c2)CC1. The van der Waals surface area contributed by atoms with Crippen molar-refractivity contribution in [3.63, 3.8) is 0 Å². The van der Waals surface area contributed by atoms with Crippen molar-refractivity contribution in [2.45, 2.75) is 50.0 Å². The molecular weight excluding hydrogens is 703 g/mol. The highest BCUT2D eigenvalue weighted by molar-refractivity contribution is 5.92. The van der Waals surface area contributed by atoms with E-state index in [9.17, 15) is 4.79 Å². The number of nitrogen functional groups attached to an aromatic ring is 1. The van der Waals surface area contributed by atoms with Gasteiger partial charge >= 0.3 is 0 Å². The van der Waals surface area contributed by atoms with Gasteiger partial charge in [-0.15, -0.1) is 0 Å². The molecule has 56 heavy (non-hydrogen) atoms. The molecule has 3 N–H and O–H groups in total. The van der Waals surface area contributed by atoms with Gasteiger partial charge in [0.2, 0.25) is 12.2 Å². The first-order valence-corrected chi connectivity index (χ1v) is 19.0. The van der Waals surface area contributed by atoms with Gasteiger partial charge in [0, 0.05) is 23.6 Å². The topological polar surface area (TPSA) is 139 Å². The molecule has 1 saturated heterocycles. The lowest BCUT2D eigenvalue weighted by atomic mass is 9.95. The minimum Gasteiger partial charge on any atom is -0.487 e. The minimum absolute atomic E-state index is 0.00364. The number of nitrogens with two attached hydrogens (primary N) is 1. The number of imidazole rings is 1. The van der Waals surface area contributed by atoms with Crippen LogP contribution in [0, 0.1) is 0 Å². The van der Waals surface area contributed by atoms with Crippen molar-refractivity contribution >= 4 is 22.9 Å². The molecule has 2 fully saturated rings. The molecule has 1 saturated carbocycles. The number of fused-ring (bicyclic) bond motifs is 2. The van der Waals surface area contributed by atoms with Gasteiger partial charge in [0.15, 0.2) is 11.5 Å². The molecule has 10 rings (SSSR count). The summed E-state index contributed by atoms with van der Waals surface area (Å²) in [6, 6.07) is 36.1. The molecule has 11 heteroatoms. The Balaban J connectivity index is 0.946. The fourth-order valence-corrected chi connectivity index (χ4v) is 7.98. The number of pyridine rings is 3. The Morgan fingerprint density at radius 1 is 0.893 bits per heavy atom. The van der Waals surface area contributed by atoms with Gasteiger partial charge in [0.25, 0.3) is 0 Å². The van der Waals surface area contributed by atoms with Gasteiger partial charge in [-0.05, 0) is 90.4 Å². The van der Waals surface area contributed by atoms with Gasteiger partial charge in [0.1, 0.15) is 29.4 Å². The van der Waals surface area contributed by atoms with Gasteiger partial charge < -0.3 is 25.3 Å². The largest absolute Gasteiger partial charge is 0.487 e. The summed E-state index contributed by atoms with van der Waals surface area (Å²) in [6.07, 6.45) is 5.95. The van der Waals surface area contributed by atoms with Crippen LogP contribution in [0.15, 0.2) is 122 Å². The first kappa shape index (κ1) is 34.1. The first-order valence-electron chi connectivity index (χ1n) is 19.0. The Hall–Kier alpha value is -6.43. The van der Waals surface area contributed by atoms with E-state index in [1.165, 1.54) is 5.56 Å². The van der Waals surface area contributed by atoms with Gasteiger partial charge in [-0.1, -0.05) is 66.7 Å². The zero-order chi connectivity index (χ0) is 37.6. The number of amides is 1. The number of aromatic nitrogens is 5. The number of anilines is 1. The Labute approximate surface area is 323 Å². The molecule has 278 valence electrons. The number of ether oxygens (including phenoxy) is 3. The molecule has 2 aliphatic carbocycles. The summed E-state index contributed by atoms with van der Waals surface area (Å²) in [5, 5.41) is 3.42. The number of nitrogens with one attached hydrogen (secondary N) is 1. The van der Waals surface area contributed by atoms with Crippen molar-refractivity contribution in [2.24, 2.45) is 0 Å². The quantitative estimate of drug-likeness (QED) is 0.145. The average molecular weight is 742 g/mol. The van der Waals surface area contributed by atoms with Gasteiger partial charge in [0.05, 0.1) is 35.9 Å². The van der Waals surface area contributed by atoms with Crippen LogP contribution < -0.4 is 15.8 Å². The number of benzene rings is 3.